The molecule has 0 aromatic carbocycles. The minimum Gasteiger partial charge on any atom is -0.352 e. The molecule has 58 valence electrons. The van der Waals surface area contributed by atoms with Gasteiger partial charge in [-0.2, -0.15) is 0 Å². The predicted molar refractivity (Wildman–Crippen MR) is 37.5 cm³/mol. The van der Waals surface area contributed by atoms with Crippen LogP contribution in [0.2, 0.25) is 0 Å². The molecule has 0 bridgehead atoms. The van der Waals surface area contributed by atoms with E-state index < -0.39 is 6.03 Å². The Balaban J connectivity index is 0. The van der Waals surface area contributed by atoms with Crippen LogP contribution >= 0.6 is 11.6 Å². The first-order chi connectivity index (χ1) is 4.65. The summed E-state index contributed by atoms with van der Waals surface area (Å²) in [6, 6.07) is -0.833. The molecular formula is C4H8ClN3O2. The van der Waals surface area contributed by atoms with Gasteiger partial charge in [0.2, 0.25) is 6.08 Å². The first kappa shape index (κ1) is 11.7. The summed E-state index contributed by atoms with van der Waals surface area (Å²) in [7, 11) is 0. The Hall–Kier alpha value is -1.06. The number of carbonyl (C=O) groups excluding carboxylic acids is 2. The third kappa shape index (κ3) is 65.1. The number of urea groups is 1. The zero-order chi connectivity index (χ0) is 8.41. The molecule has 0 aliphatic heterocycles. The fraction of sp³-hybridized carbons (Fsp3) is 0.500. The van der Waals surface area contributed by atoms with Crippen LogP contribution in [0.25, 0.3) is 0 Å². The van der Waals surface area contributed by atoms with Crippen molar-refractivity contribution in [3.63, 3.8) is 0 Å². The first-order valence-electron chi connectivity index (χ1n) is 2.29. The average Bonchev–Trinajstić information content (AvgIpc) is 1.82. The van der Waals surface area contributed by atoms with Gasteiger partial charge in [0.1, 0.15) is 0 Å². The van der Waals surface area contributed by atoms with Gasteiger partial charge in [0.15, 0.2) is 0 Å². The number of hydrogen-bond acceptors (Lipinski definition) is 3. The molecule has 0 aliphatic rings. The van der Waals surface area contributed by atoms with Crippen molar-refractivity contribution in [1.82, 2.24) is 0 Å². The maximum atomic E-state index is 9.21. The van der Waals surface area contributed by atoms with Crippen LogP contribution in [-0.4, -0.2) is 24.5 Å². The van der Waals surface area contributed by atoms with E-state index in [1.165, 1.54) is 6.08 Å². The Morgan fingerprint density at radius 3 is 2.10 bits per heavy atom. The van der Waals surface area contributed by atoms with Gasteiger partial charge < -0.3 is 11.5 Å². The average molecular weight is 166 g/mol. The number of amides is 2. The van der Waals surface area contributed by atoms with E-state index in [9.17, 15) is 4.79 Å². The lowest BCUT2D eigenvalue weighted by molar-refractivity contribution is 0.256. The first-order valence-corrected chi connectivity index (χ1v) is 2.83. The highest BCUT2D eigenvalue weighted by Crippen LogP contribution is 1.70. The van der Waals surface area contributed by atoms with Gasteiger partial charge in [-0.1, -0.05) is 0 Å². The summed E-state index contributed by atoms with van der Waals surface area (Å²) in [5.41, 5.74) is 8.50. The highest BCUT2D eigenvalue weighted by atomic mass is 35.5. The third-order valence-electron chi connectivity index (χ3n) is 0.261. The Labute approximate surface area is 63.0 Å². The fourth-order valence-electron chi connectivity index (χ4n) is 0.0879. The lowest BCUT2D eigenvalue weighted by Gasteiger charge is -1.69. The van der Waals surface area contributed by atoms with Crippen LogP contribution in [0.5, 0.6) is 0 Å². The molecule has 0 saturated carbocycles. The lowest BCUT2D eigenvalue weighted by Crippen LogP contribution is -2.18. The number of primary amides is 2. The van der Waals surface area contributed by atoms with Crippen molar-refractivity contribution in [3.05, 3.63) is 0 Å². The molecule has 0 rings (SSSR count). The Bertz CT molecular complexity index is 128. The van der Waals surface area contributed by atoms with Crippen molar-refractivity contribution in [2.45, 2.75) is 0 Å². The number of nitrogens with two attached hydrogens (primary N) is 2. The second-order valence-corrected chi connectivity index (χ2v) is 1.44. The monoisotopic (exact) mass is 165 g/mol. The summed E-state index contributed by atoms with van der Waals surface area (Å²) >= 11 is 5.11. The molecule has 0 unspecified atom stereocenters. The Morgan fingerprint density at radius 1 is 1.60 bits per heavy atom. The molecule has 0 radical (unpaired) electrons. The van der Waals surface area contributed by atoms with Crippen LogP contribution in [0.3, 0.4) is 0 Å². The van der Waals surface area contributed by atoms with Gasteiger partial charge in [-0.15, -0.1) is 11.6 Å². The molecule has 6 heteroatoms. The largest absolute Gasteiger partial charge is 0.352 e. The molecule has 4 N–H and O–H groups in total. The van der Waals surface area contributed by atoms with Crippen molar-refractivity contribution >= 4 is 23.7 Å². The van der Waals surface area contributed by atoms with E-state index in [4.69, 9.17) is 16.4 Å². The van der Waals surface area contributed by atoms with E-state index in [-0.39, 0.29) is 0 Å². The van der Waals surface area contributed by atoms with Crippen LogP contribution in [0.15, 0.2) is 4.99 Å². The number of halogens is 1. The van der Waals surface area contributed by atoms with E-state index in [0.717, 1.165) is 0 Å². The standard InChI is InChI=1S/C3H4ClNO.CH4N2O/c4-1-2-5-3-6;2-1(3)4/h1-2H2;(H4,2,3,4). The minimum absolute atomic E-state index is 0.380. The van der Waals surface area contributed by atoms with Crippen molar-refractivity contribution in [2.24, 2.45) is 16.5 Å². The fourth-order valence-corrected chi connectivity index (χ4v) is 0.172. The summed E-state index contributed by atoms with van der Waals surface area (Å²) in [6.07, 6.45) is 1.36. The molecule has 0 aromatic rings. The predicted octanol–water partition coefficient (Wildman–Crippen LogP) is -0.415. The summed E-state index contributed by atoms with van der Waals surface area (Å²) < 4.78 is 0. The number of alkyl halides is 1. The van der Waals surface area contributed by atoms with Gasteiger partial charge in [0, 0.05) is 5.88 Å². The Kier molecular flexibility index (Phi) is 12.7. The lowest BCUT2D eigenvalue weighted by atomic mass is 10.8. The third-order valence-corrected chi connectivity index (χ3v) is 0.430. The second-order valence-electron chi connectivity index (χ2n) is 1.06. The van der Waals surface area contributed by atoms with Crippen LogP contribution < -0.4 is 11.5 Å². The van der Waals surface area contributed by atoms with Crippen molar-refractivity contribution in [2.75, 3.05) is 12.4 Å². The van der Waals surface area contributed by atoms with Crippen molar-refractivity contribution < 1.29 is 9.59 Å². The molecule has 10 heavy (non-hydrogen) atoms. The molecule has 5 nitrogen and oxygen atoms in total. The molecule has 0 saturated heterocycles. The van der Waals surface area contributed by atoms with E-state index in [1.54, 1.807) is 0 Å². The number of carbonyl (C=O) groups is 1. The van der Waals surface area contributed by atoms with Crippen molar-refractivity contribution in [3.8, 4) is 0 Å². The summed E-state index contributed by atoms with van der Waals surface area (Å²) in [5.74, 6) is 0.398. The van der Waals surface area contributed by atoms with Gasteiger partial charge in [-0.3, -0.25) is 0 Å². The molecule has 0 heterocycles. The normalized spacial score (nSPS) is 6.50. The van der Waals surface area contributed by atoms with Gasteiger partial charge in [0.25, 0.3) is 0 Å². The van der Waals surface area contributed by atoms with Gasteiger partial charge in [-0.25, -0.2) is 14.6 Å². The van der Waals surface area contributed by atoms with E-state index in [2.05, 4.69) is 16.5 Å². The van der Waals surface area contributed by atoms with Crippen LogP contribution in [0, 0.1) is 0 Å². The molecule has 0 fully saturated rings. The zero-order valence-corrected chi connectivity index (χ0v) is 5.97. The van der Waals surface area contributed by atoms with Crippen molar-refractivity contribution in [1.29, 1.82) is 0 Å². The second kappa shape index (κ2) is 10.8. The molecule has 0 aliphatic carbocycles. The van der Waals surface area contributed by atoms with Gasteiger partial charge in [-0.05, 0) is 0 Å². The van der Waals surface area contributed by atoms with Crippen LogP contribution in [-0.2, 0) is 4.79 Å². The SMILES string of the molecule is NC(N)=O.O=C=NCCCl. The number of rotatable bonds is 2. The summed E-state index contributed by atoms with van der Waals surface area (Å²) in [5, 5.41) is 0. The zero-order valence-electron chi connectivity index (χ0n) is 5.21. The van der Waals surface area contributed by atoms with Crippen LogP contribution in [0.1, 0.15) is 0 Å². The number of isocyanates is 1. The molecular weight excluding hydrogens is 158 g/mol. The number of nitrogens with zero attached hydrogens (tertiary/aromatic N) is 1. The number of hydrogen-bond donors (Lipinski definition) is 2. The van der Waals surface area contributed by atoms with Gasteiger partial charge in [0.05, 0.1) is 6.54 Å². The van der Waals surface area contributed by atoms with E-state index >= 15 is 0 Å². The number of aliphatic imine (C=N–C) groups is 1. The highest BCUT2D eigenvalue weighted by molar-refractivity contribution is 6.18. The topological polar surface area (TPSA) is 98.5 Å². The quantitative estimate of drug-likeness (QED) is 0.330. The highest BCUT2D eigenvalue weighted by Gasteiger charge is 1.68. The summed E-state index contributed by atoms with van der Waals surface area (Å²) in [4.78, 5) is 21.4. The van der Waals surface area contributed by atoms with E-state index in [1.807, 2.05) is 0 Å². The molecule has 0 spiro atoms. The Morgan fingerprint density at radius 2 is 2.00 bits per heavy atom. The van der Waals surface area contributed by atoms with Gasteiger partial charge >= 0.3 is 6.03 Å². The van der Waals surface area contributed by atoms with Crippen LogP contribution in [0.4, 0.5) is 4.79 Å². The van der Waals surface area contributed by atoms with E-state index in [0.29, 0.717) is 12.4 Å². The minimum atomic E-state index is -0.833. The maximum absolute atomic E-state index is 9.21. The molecule has 0 aromatic heterocycles. The maximum Gasteiger partial charge on any atom is 0.309 e. The molecule has 0 atom stereocenters. The smallest absolute Gasteiger partial charge is 0.309 e. The summed E-state index contributed by atoms with van der Waals surface area (Å²) in [6.45, 7) is 0.380. The molecule has 2 amide bonds.